The van der Waals surface area contributed by atoms with Crippen molar-refractivity contribution < 1.29 is 22.7 Å². The van der Waals surface area contributed by atoms with Crippen LogP contribution < -0.4 is 15.4 Å². The van der Waals surface area contributed by atoms with Crippen LogP contribution in [-0.4, -0.2) is 32.6 Å². The van der Waals surface area contributed by atoms with Crippen LogP contribution in [0.3, 0.4) is 0 Å². The predicted octanol–water partition coefficient (Wildman–Crippen LogP) is 2.72. The first-order valence-corrected chi connectivity index (χ1v) is 9.84. The minimum atomic E-state index is -3.47. The molecule has 0 saturated heterocycles. The largest absolute Gasteiger partial charge is 0.479 e. The van der Waals surface area contributed by atoms with Crippen molar-refractivity contribution in [1.82, 2.24) is 0 Å². The van der Waals surface area contributed by atoms with Crippen molar-refractivity contribution in [1.29, 1.82) is 0 Å². The van der Waals surface area contributed by atoms with Gasteiger partial charge < -0.3 is 15.4 Å². The number of sulfone groups is 1. The van der Waals surface area contributed by atoms with Gasteiger partial charge in [0.2, 0.25) is 0 Å². The first-order valence-electron chi connectivity index (χ1n) is 7.57. The lowest BCUT2D eigenvalue weighted by molar-refractivity contribution is -0.122. The molecule has 0 fully saturated rings. The Bertz CT molecular complexity index is 1020. The van der Waals surface area contributed by atoms with Crippen molar-refractivity contribution in [3.05, 3.63) is 47.0 Å². The normalized spacial score (nSPS) is 16.3. The van der Waals surface area contributed by atoms with Crippen LogP contribution in [0, 0.1) is 0 Å². The summed E-state index contributed by atoms with van der Waals surface area (Å²) in [5.74, 6) is -0.367. The van der Waals surface area contributed by atoms with Gasteiger partial charge in [0.05, 0.1) is 21.2 Å². The molecule has 2 N–H and O–H groups in total. The summed E-state index contributed by atoms with van der Waals surface area (Å²) in [6.45, 7) is 1.63. The Labute approximate surface area is 155 Å². The number of amides is 2. The van der Waals surface area contributed by atoms with Gasteiger partial charge in [0.15, 0.2) is 15.9 Å². The molecule has 7 nitrogen and oxygen atoms in total. The molecule has 1 unspecified atom stereocenters. The molecular formula is C17H15ClN2O5S. The second kappa shape index (κ2) is 6.62. The number of hydrogen-bond donors (Lipinski definition) is 2. The highest BCUT2D eigenvalue weighted by Crippen LogP contribution is 2.32. The van der Waals surface area contributed by atoms with Crippen LogP contribution in [0.25, 0.3) is 0 Å². The van der Waals surface area contributed by atoms with Gasteiger partial charge in [0.1, 0.15) is 5.75 Å². The molecule has 136 valence electrons. The van der Waals surface area contributed by atoms with Gasteiger partial charge >= 0.3 is 0 Å². The molecule has 2 aromatic carbocycles. The standard InChI is InChI=1S/C17H15ClN2O5S/c1-9-16(21)20-14-7-10(3-6-15(14)25-9)19-17(22)12-8-11(26(2,23)24)4-5-13(12)18/h3-9H,1-2H3,(H,19,22)(H,20,21). The molecule has 0 saturated carbocycles. The fraction of sp³-hybridized carbons (Fsp3) is 0.176. The fourth-order valence-corrected chi connectivity index (χ4v) is 3.24. The summed E-state index contributed by atoms with van der Waals surface area (Å²) in [5.41, 5.74) is 0.858. The molecule has 26 heavy (non-hydrogen) atoms. The smallest absolute Gasteiger partial charge is 0.265 e. The van der Waals surface area contributed by atoms with Gasteiger partial charge in [-0.25, -0.2) is 8.42 Å². The maximum atomic E-state index is 12.5. The van der Waals surface area contributed by atoms with E-state index in [-0.39, 0.29) is 21.4 Å². The molecule has 0 bridgehead atoms. The third-order valence-corrected chi connectivity index (χ3v) is 5.22. The van der Waals surface area contributed by atoms with Crippen LogP contribution >= 0.6 is 11.6 Å². The second-order valence-corrected chi connectivity index (χ2v) is 8.25. The summed E-state index contributed by atoms with van der Waals surface area (Å²) in [5, 5.41) is 5.44. The Kier molecular flexibility index (Phi) is 4.64. The maximum absolute atomic E-state index is 12.5. The van der Waals surface area contributed by atoms with Crippen molar-refractivity contribution in [3.63, 3.8) is 0 Å². The zero-order chi connectivity index (χ0) is 19.1. The van der Waals surface area contributed by atoms with Crippen LogP contribution in [0.5, 0.6) is 5.75 Å². The van der Waals surface area contributed by atoms with Crippen LogP contribution in [-0.2, 0) is 14.6 Å². The molecule has 1 heterocycles. The summed E-state index contributed by atoms with van der Waals surface area (Å²) in [6.07, 6.45) is 0.450. The Hall–Kier alpha value is -2.58. The monoisotopic (exact) mass is 394 g/mol. The topological polar surface area (TPSA) is 102 Å². The summed E-state index contributed by atoms with van der Waals surface area (Å²) in [4.78, 5) is 24.2. The quantitative estimate of drug-likeness (QED) is 0.833. The lowest BCUT2D eigenvalue weighted by Gasteiger charge is -2.23. The second-order valence-electron chi connectivity index (χ2n) is 5.83. The molecule has 1 aliphatic rings. The third-order valence-electron chi connectivity index (χ3n) is 3.78. The van der Waals surface area contributed by atoms with E-state index in [2.05, 4.69) is 10.6 Å². The molecule has 0 aliphatic carbocycles. The van der Waals surface area contributed by atoms with Gasteiger partial charge in [-0.3, -0.25) is 9.59 Å². The average molecular weight is 395 g/mol. The first-order chi connectivity index (χ1) is 12.1. The third kappa shape index (κ3) is 3.66. The van der Waals surface area contributed by atoms with E-state index >= 15 is 0 Å². The molecule has 2 amide bonds. The molecule has 0 aromatic heterocycles. The Morgan fingerprint density at radius 2 is 1.96 bits per heavy atom. The van der Waals surface area contributed by atoms with Crippen LogP contribution in [0.15, 0.2) is 41.3 Å². The number of halogens is 1. The number of anilines is 2. The minimum Gasteiger partial charge on any atom is -0.479 e. The molecule has 2 aromatic rings. The van der Waals surface area contributed by atoms with Gasteiger partial charge in [-0.05, 0) is 43.3 Å². The Morgan fingerprint density at radius 1 is 1.23 bits per heavy atom. The van der Waals surface area contributed by atoms with E-state index < -0.39 is 21.8 Å². The number of nitrogens with one attached hydrogen (secondary N) is 2. The molecule has 9 heteroatoms. The van der Waals surface area contributed by atoms with E-state index in [9.17, 15) is 18.0 Å². The SMILES string of the molecule is CC1Oc2ccc(NC(=O)c3cc(S(C)(=O)=O)ccc3Cl)cc2NC1=O. The first kappa shape index (κ1) is 18.2. The van der Waals surface area contributed by atoms with E-state index in [1.54, 1.807) is 25.1 Å². The van der Waals surface area contributed by atoms with Crippen LogP contribution in [0.4, 0.5) is 11.4 Å². The number of carbonyl (C=O) groups excluding carboxylic acids is 2. The van der Waals surface area contributed by atoms with Crippen molar-refractivity contribution in [2.24, 2.45) is 0 Å². The Balaban J connectivity index is 1.87. The fourth-order valence-electron chi connectivity index (χ4n) is 2.39. The molecule has 1 atom stereocenters. The van der Waals surface area contributed by atoms with E-state index in [0.29, 0.717) is 17.1 Å². The summed E-state index contributed by atoms with van der Waals surface area (Å²) >= 11 is 6.03. The summed E-state index contributed by atoms with van der Waals surface area (Å²) in [7, 11) is -3.47. The lowest BCUT2D eigenvalue weighted by Crippen LogP contribution is -2.34. The predicted molar refractivity (Wildman–Crippen MR) is 97.7 cm³/mol. The lowest BCUT2D eigenvalue weighted by atomic mass is 10.2. The number of ether oxygens (including phenoxy) is 1. The van der Waals surface area contributed by atoms with Gasteiger partial charge in [0, 0.05) is 11.9 Å². The molecule has 3 rings (SSSR count). The zero-order valence-electron chi connectivity index (χ0n) is 13.9. The van der Waals surface area contributed by atoms with Crippen LogP contribution in [0.1, 0.15) is 17.3 Å². The van der Waals surface area contributed by atoms with Gasteiger partial charge in [0.25, 0.3) is 11.8 Å². The molecule has 1 aliphatic heterocycles. The highest BCUT2D eigenvalue weighted by molar-refractivity contribution is 7.90. The van der Waals surface area contributed by atoms with Crippen LogP contribution in [0.2, 0.25) is 5.02 Å². The van der Waals surface area contributed by atoms with E-state index in [1.165, 1.54) is 18.2 Å². The van der Waals surface area contributed by atoms with E-state index in [0.717, 1.165) is 6.26 Å². The van der Waals surface area contributed by atoms with Crippen molar-refractivity contribution in [2.75, 3.05) is 16.9 Å². The van der Waals surface area contributed by atoms with Crippen molar-refractivity contribution in [3.8, 4) is 5.75 Å². The minimum absolute atomic E-state index is 0.00728. The molecule has 0 radical (unpaired) electrons. The van der Waals surface area contributed by atoms with Gasteiger partial charge in [-0.15, -0.1) is 0 Å². The van der Waals surface area contributed by atoms with Gasteiger partial charge in [-0.2, -0.15) is 0 Å². The summed E-state index contributed by atoms with van der Waals surface area (Å²) in [6, 6.07) is 8.69. The molecule has 0 spiro atoms. The zero-order valence-corrected chi connectivity index (χ0v) is 15.4. The summed E-state index contributed by atoms with van der Waals surface area (Å²) < 4.78 is 28.8. The number of rotatable bonds is 3. The average Bonchev–Trinajstić information content (AvgIpc) is 2.55. The Morgan fingerprint density at radius 3 is 2.65 bits per heavy atom. The van der Waals surface area contributed by atoms with E-state index in [4.69, 9.17) is 16.3 Å². The van der Waals surface area contributed by atoms with E-state index in [1.807, 2.05) is 0 Å². The highest BCUT2D eigenvalue weighted by Gasteiger charge is 2.24. The van der Waals surface area contributed by atoms with Crippen molar-refractivity contribution in [2.45, 2.75) is 17.9 Å². The van der Waals surface area contributed by atoms with Crippen molar-refractivity contribution >= 4 is 44.6 Å². The highest BCUT2D eigenvalue weighted by atomic mass is 35.5. The number of benzene rings is 2. The molecular weight excluding hydrogens is 380 g/mol. The number of fused-ring (bicyclic) bond motifs is 1. The maximum Gasteiger partial charge on any atom is 0.265 e. The number of hydrogen-bond acceptors (Lipinski definition) is 5. The van der Waals surface area contributed by atoms with Gasteiger partial charge in [-0.1, -0.05) is 11.6 Å². The number of carbonyl (C=O) groups is 2.